The first-order chi connectivity index (χ1) is 13.8. The van der Waals surface area contributed by atoms with Crippen molar-refractivity contribution >= 4 is 42.5 Å². The number of nitrogens with zero attached hydrogens (tertiary/aromatic N) is 3. The van der Waals surface area contributed by atoms with Gasteiger partial charge in [-0.3, -0.25) is 0 Å². The van der Waals surface area contributed by atoms with Gasteiger partial charge in [0, 0.05) is 16.7 Å². The number of hydrogen-bond acceptors (Lipinski definition) is 6. The van der Waals surface area contributed by atoms with Crippen LogP contribution in [0.2, 0.25) is 0 Å². The van der Waals surface area contributed by atoms with Crippen molar-refractivity contribution < 1.29 is 15.6 Å². The summed E-state index contributed by atoms with van der Waals surface area (Å²) in [5.74, 6) is 0. The molecule has 0 aliphatic carbocycles. The Labute approximate surface area is 163 Å². The molecule has 0 unspecified atom stereocenters. The van der Waals surface area contributed by atoms with E-state index in [4.69, 9.17) is 15.6 Å². The van der Waals surface area contributed by atoms with Crippen molar-refractivity contribution in [2.75, 3.05) is 0 Å². The van der Waals surface area contributed by atoms with Crippen LogP contribution < -0.4 is 15.9 Å². The molecule has 140 valence electrons. The summed E-state index contributed by atoms with van der Waals surface area (Å²) >= 11 is 0. The van der Waals surface area contributed by atoms with Crippen LogP contribution in [0.15, 0.2) is 88.3 Å². The summed E-state index contributed by atoms with van der Waals surface area (Å²) in [6.45, 7) is 0. The Balaban J connectivity index is 2.34. The number of rotatable bonds is 6. The first-order valence-corrected chi connectivity index (χ1v) is 9.74. The van der Waals surface area contributed by atoms with Gasteiger partial charge in [-0.25, -0.2) is 0 Å². The molecule has 3 aromatic carbocycles. The van der Waals surface area contributed by atoms with E-state index in [0.717, 1.165) is 32.6 Å². The van der Waals surface area contributed by atoms with E-state index in [-0.39, 0.29) is 0 Å². The first-order valence-electron chi connectivity index (χ1n) is 8.39. The van der Waals surface area contributed by atoms with Crippen molar-refractivity contribution in [1.29, 1.82) is 0 Å². The zero-order valence-corrected chi connectivity index (χ0v) is 15.7. The smallest absolute Gasteiger partial charge is 0.0740 e. The van der Waals surface area contributed by atoms with Crippen LogP contribution >= 0.6 is 7.92 Å². The van der Waals surface area contributed by atoms with E-state index >= 15 is 0 Å². The summed E-state index contributed by atoms with van der Waals surface area (Å²) in [7, 11) is -1.15. The molecule has 0 radical (unpaired) electrons. The molecule has 0 spiro atoms. The predicted octanol–water partition coefficient (Wildman–Crippen LogP) is 2.87. The fourth-order valence-electron chi connectivity index (χ4n) is 2.98. The third-order valence-electron chi connectivity index (χ3n) is 4.12. The van der Waals surface area contributed by atoms with Crippen LogP contribution in [0.3, 0.4) is 0 Å². The predicted molar refractivity (Wildman–Crippen MR) is 113 cm³/mol. The van der Waals surface area contributed by atoms with Crippen LogP contribution in [-0.2, 0) is 0 Å². The monoisotopic (exact) mass is 391 g/mol. The summed E-state index contributed by atoms with van der Waals surface area (Å²) in [6.07, 6.45) is 4.20. The van der Waals surface area contributed by atoms with Gasteiger partial charge in [-0.1, -0.05) is 88.3 Å². The summed E-state index contributed by atoms with van der Waals surface area (Å²) in [5, 5.41) is 39.8. The molecule has 7 heteroatoms. The average molecular weight is 391 g/mol. The maximum Gasteiger partial charge on any atom is 0.0740 e. The molecule has 0 heterocycles. The highest BCUT2D eigenvalue weighted by Gasteiger charge is 2.23. The Bertz CT molecular complexity index is 903. The Morgan fingerprint density at radius 2 is 0.786 bits per heavy atom. The Morgan fingerprint density at radius 1 is 0.500 bits per heavy atom. The van der Waals surface area contributed by atoms with E-state index in [1.165, 1.54) is 18.6 Å². The van der Waals surface area contributed by atoms with Crippen LogP contribution in [-0.4, -0.2) is 34.3 Å². The van der Waals surface area contributed by atoms with Gasteiger partial charge in [0.2, 0.25) is 0 Å². The second-order valence-electron chi connectivity index (χ2n) is 5.75. The molecule has 0 saturated carbocycles. The lowest BCUT2D eigenvalue weighted by atomic mass is 10.2. The van der Waals surface area contributed by atoms with Gasteiger partial charge >= 0.3 is 0 Å². The van der Waals surface area contributed by atoms with Crippen LogP contribution in [0.5, 0.6) is 0 Å². The van der Waals surface area contributed by atoms with Gasteiger partial charge < -0.3 is 15.6 Å². The average Bonchev–Trinajstić information content (AvgIpc) is 2.72. The molecule has 0 aromatic heterocycles. The minimum atomic E-state index is -1.15. The van der Waals surface area contributed by atoms with E-state index in [2.05, 4.69) is 15.5 Å². The second-order valence-corrected chi connectivity index (χ2v) is 7.86. The lowest BCUT2D eigenvalue weighted by molar-refractivity contribution is 0.321. The summed E-state index contributed by atoms with van der Waals surface area (Å²) in [6, 6.07) is 22.9. The quantitative estimate of drug-likeness (QED) is 0.261. The van der Waals surface area contributed by atoms with Crippen molar-refractivity contribution in [2.45, 2.75) is 0 Å². The summed E-state index contributed by atoms with van der Waals surface area (Å²) < 4.78 is 0. The minimum absolute atomic E-state index is 0.766. The highest BCUT2D eigenvalue weighted by molar-refractivity contribution is 7.80. The van der Waals surface area contributed by atoms with E-state index < -0.39 is 7.92 Å². The third kappa shape index (κ3) is 4.08. The van der Waals surface area contributed by atoms with Crippen molar-refractivity contribution in [3.05, 3.63) is 89.5 Å². The number of hydrogen-bond donors (Lipinski definition) is 3. The zero-order chi connectivity index (χ0) is 19.8. The molecule has 0 atom stereocenters. The molecule has 3 N–H and O–H groups in total. The molecule has 0 fully saturated rings. The maximum atomic E-state index is 9.11. The standard InChI is InChI=1S/C21H18N3O3P/c25-22-13-16-7-1-4-10-19(16)28(20-11-5-2-8-17(20)14-23-26)21-12-6-3-9-18(21)15-24-27/h1-15,25-27H/b22-13-,23-14-,24-15-. The molecular weight excluding hydrogens is 373 g/mol. The van der Waals surface area contributed by atoms with Crippen molar-refractivity contribution in [3.63, 3.8) is 0 Å². The molecule has 3 aromatic rings. The summed E-state index contributed by atoms with van der Waals surface area (Å²) in [5.41, 5.74) is 2.30. The van der Waals surface area contributed by atoms with Gasteiger partial charge in [-0.15, -0.1) is 0 Å². The highest BCUT2D eigenvalue weighted by Crippen LogP contribution is 2.36. The second kappa shape index (κ2) is 9.44. The summed E-state index contributed by atoms with van der Waals surface area (Å²) in [4.78, 5) is 0. The highest BCUT2D eigenvalue weighted by atomic mass is 31.1. The molecule has 0 aliphatic rings. The molecule has 28 heavy (non-hydrogen) atoms. The van der Waals surface area contributed by atoms with E-state index in [0.29, 0.717) is 0 Å². The van der Waals surface area contributed by atoms with Crippen LogP contribution in [0.25, 0.3) is 0 Å². The van der Waals surface area contributed by atoms with Crippen molar-refractivity contribution in [1.82, 2.24) is 0 Å². The van der Waals surface area contributed by atoms with Crippen molar-refractivity contribution in [2.24, 2.45) is 15.5 Å². The van der Waals surface area contributed by atoms with Gasteiger partial charge in [0.15, 0.2) is 0 Å². The van der Waals surface area contributed by atoms with Gasteiger partial charge in [0.1, 0.15) is 0 Å². The van der Waals surface area contributed by atoms with Crippen LogP contribution in [0.4, 0.5) is 0 Å². The van der Waals surface area contributed by atoms with Gasteiger partial charge in [-0.05, 0) is 23.8 Å². The van der Waals surface area contributed by atoms with E-state index in [1.807, 2.05) is 72.8 Å². The van der Waals surface area contributed by atoms with Crippen LogP contribution in [0.1, 0.15) is 16.7 Å². The Hall–Kier alpha value is -3.50. The normalized spacial score (nSPS) is 11.9. The number of oxime groups is 3. The van der Waals surface area contributed by atoms with Gasteiger partial charge in [-0.2, -0.15) is 0 Å². The van der Waals surface area contributed by atoms with E-state index in [1.54, 1.807) is 0 Å². The molecule has 0 bridgehead atoms. The molecule has 0 saturated heterocycles. The molecule has 6 nitrogen and oxygen atoms in total. The molecular formula is C21H18N3O3P. The van der Waals surface area contributed by atoms with Gasteiger partial charge in [0.05, 0.1) is 18.6 Å². The lowest BCUT2D eigenvalue weighted by Gasteiger charge is -2.24. The van der Waals surface area contributed by atoms with Crippen LogP contribution in [0, 0.1) is 0 Å². The molecule has 0 amide bonds. The largest absolute Gasteiger partial charge is 0.411 e. The van der Waals surface area contributed by atoms with Crippen molar-refractivity contribution in [3.8, 4) is 0 Å². The van der Waals surface area contributed by atoms with E-state index in [9.17, 15) is 0 Å². The minimum Gasteiger partial charge on any atom is -0.411 e. The fraction of sp³-hybridized carbons (Fsp3) is 0. The maximum absolute atomic E-state index is 9.11. The first kappa shape index (κ1) is 19.3. The lowest BCUT2D eigenvalue weighted by Crippen LogP contribution is -2.27. The Morgan fingerprint density at radius 3 is 1.07 bits per heavy atom. The molecule has 0 aliphatic heterocycles. The third-order valence-corrected chi connectivity index (χ3v) is 6.79. The number of benzene rings is 3. The zero-order valence-electron chi connectivity index (χ0n) is 14.8. The topological polar surface area (TPSA) is 97.8 Å². The SMILES string of the molecule is O/N=C\c1ccccc1P(c1ccccc1/C=N\O)c1ccccc1/C=N\O. The Kier molecular flexibility index (Phi) is 6.50. The van der Waals surface area contributed by atoms with Gasteiger partial charge in [0.25, 0.3) is 0 Å². The molecule has 3 rings (SSSR count). The fourth-order valence-corrected chi connectivity index (χ4v) is 5.63.